The molecule has 5 heteroatoms. The lowest BCUT2D eigenvalue weighted by molar-refractivity contribution is 0.0689. The highest BCUT2D eigenvalue weighted by atomic mass is 16.4. The molecule has 0 radical (unpaired) electrons. The van der Waals surface area contributed by atoms with Crippen molar-refractivity contribution in [2.75, 3.05) is 11.9 Å². The van der Waals surface area contributed by atoms with Gasteiger partial charge in [-0.2, -0.15) is 0 Å². The van der Waals surface area contributed by atoms with Crippen LogP contribution in [0.3, 0.4) is 0 Å². The number of anilines is 1. The molecule has 0 bridgehead atoms. The molecule has 0 aliphatic heterocycles. The van der Waals surface area contributed by atoms with Gasteiger partial charge in [-0.25, -0.2) is 4.79 Å². The van der Waals surface area contributed by atoms with E-state index < -0.39 is 5.97 Å². The molecule has 2 N–H and O–H groups in total. The van der Waals surface area contributed by atoms with E-state index in [-0.39, 0.29) is 5.69 Å². The van der Waals surface area contributed by atoms with Crippen molar-refractivity contribution in [1.29, 1.82) is 0 Å². The number of hydrogen-bond acceptors (Lipinski definition) is 4. The molecule has 0 atom stereocenters. The summed E-state index contributed by atoms with van der Waals surface area (Å²) in [5, 5.41) is 19.3. The van der Waals surface area contributed by atoms with E-state index in [9.17, 15) is 4.79 Å². The lowest BCUT2D eigenvalue weighted by atomic mass is 10.0. The smallest absolute Gasteiger partial charge is 0.356 e. The Labute approximate surface area is 114 Å². The van der Waals surface area contributed by atoms with Crippen molar-refractivity contribution < 1.29 is 9.90 Å². The number of rotatable bonds is 9. The highest BCUT2D eigenvalue weighted by molar-refractivity contribution is 5.85. The fraction of sp³-hybridized carbons (Fsp3) is 0.643. The zero-order valence-electron chi connectivity index (χ0n) is 11.7. The molecule has 0 amide bonds. The number of aromatic nitrogens is 2. The number of unbranched alkanes of at least 4 members (excludes halogenated alkanes) is 3. The first-order valence-corrected chi connectivity index (χ1v) is 6.90. The number of carboxylic acid groups (broad SMARTS) is 1. The normalized spacial score (nSPS) is 10.7. The van der Waals surface area contributed by atoms with Crippen molar-refractivity contribution >= 4 is 11.8 Å². The minimum absolute atomic E-state index is 0.0285. The Morgan fingerprint density at radius 1 is 1.21 bits per heavy atom. The van der Waals surface area contributed by atoms with Crippen LogP contribution in [0.25, 0.3) is 0 Å². The van der Waals surface area contributed by atoms with E-state index in [1.54, 1.807) is 6.07 Å². The van der Waals surface area contributed by atoms with Crippen molar-refractivity contribution in [3.63, 3.8) is 0 Å². The van der Waals surface area contributed by atoms with Gasteiger partial charge in [-0.3, -0.25) is 0 Å². The Hall–Kier alpha value is -1.65. The minimum Gasteiger partial charge on any atom is -0.476 e. The highest BCUT2D eigenvalue weighted by Crippen LogP contribution is 2.09. The van der Waals surface area contributed by atoms with Crippen molar-refractivity contribution in [2.24, 2.45) is 5.92 Å². The Balaban J connectivity index is 2.11. The van der Waals surface area contributed by atoms with Gasteiger partial charge in [0.05, 0.1) is 0 Å². The van der Waals surface area contributed by atoms with E-state index >= 15 is 0 Å². The Bertz CT molecular complexity index is 377. The van der Waals surface area contributed by atoms with Gasteiger partial charge in [0.15, 0.2) is 5.69 Å². The van der Waals surface area contributed by atoms with E-state index in [0.717, 1.165) is 18.9 Å². The summed E-state index contributed by atoms with van der Waals surface area (Å²) in [5.41, 5.74) is -0.0285. The largest absolute Gasteiger partial charge is 0.476 e. The van der Waals surface area contributed by atoms with E-state index in [2.05, 4.69) is 29.4 Å². The maximum Gasteiger partial charge on any atom is 0.356 e. The SMILES string of the molecule is CC(C)CCCCCCNc1ccc(C(=O)O)nn1. The van der Waals surface area contributed by atoms with Gasteiger partial charge in [0, 0.05) is 6.54 Å². The Kier molecular flexibility index (Phi) is 6.85. The van der Waals surface area contributed by atoms with E-state index in [4.69, 9.17) is 5.11 Å². The van der Waals surface area contributed by atoms with Crippen molar-refractivity contribution in [3.8, 4) is 0 Å². The van der Waals surface area contributed by atoms with Crippen LogP contribution in [0.5, 0.6) is 0 Å². The second-order valence-electron chi connectivity index (χ2n) is 5.13. The number of nitrogens with one attached hydrogen (secondary N) is 1. The first kappa shape index (κ1) is 15.4. The molecule has 19 heavy (non-hydrogen) atoms. The topological polar surface area (TPSA) is 75.1 Å². The molecule has 0 unspecified atom stereocenters. The van der Waals surface area contributed by atoms with Crippen LogP contribution < -0.4 is 5.32 Å². The molecule has 5 nitrogen and oxygen atoms in total. The summed E-state index contributed by atoms with van der Waals surface area (Å²) >= 11 is 0. The number of aromatic carboxylic acids is 1. The second-order valence-corrected chi connectivity index (χ2v) is 5.13. The first-order chi connectivity index (χ1) is 9.09. The van der Waals surface area contributed by atoms with Crippen LogP contribution in [0.1, 0.15) is 56.4 Å². The van der Waals surface area contributed by atoms with Gasteiger partial charge >= 0.3 is 5.97 Å². The van der Waals surface area contributed by atoms with Crippen molar-refractivity contribution in [3.05, 3.63) is 17.8 Å². The third-order valence-electron chi connectivity index (χ3n) is 2.90. The summed E-state index contributed by atoms with van der Waals surface area (Å²) in [4.78, 5) is 10.6. The summed E-state index contributed by atoms with van der Waals surface area (Å²) in [5.74, 6) is 0.373. The van der Waals surface area contributed by atoms with Crippen LogP contribution in [0.15, 0.2) is 12.1 Å². The molecule has 0 spiro atoms. The second kappa shape index (κ2) is 8.45. The molecule has 0 saturated heterocycles. The third-order valence-corrected chi connectivity index (χ3v) is 2.90. The summed E-state index contributed by atoms with van der Waals surface area (Å²) in [6.07, 6.45) is 6.17. The average molecular weight is 265 g/mol. The molecule has 0 aliphatic rings. The van der Waals surface area contributed by atoms with Gasteiger partial charge in [0.2, 0.25) is 0 Å². The van der Waals surface area contributed by atoms with Gasteiger partial charge in [-0.1, -0.05) is 39.5 Å². The first-order valence-electron chi connectivity index (χ1n) is 6.90. The predicted octanol–water partition coefficient (Wildman–Crippen LogP) is 3.19. The van der Waals surface area contributed by atoms with Gasteiger partial charge < -0.3 is 10.4 Å². The van der Waals surface area contributed by atoms with Crippen molar-refractivity contribution in [2.45, 2.75) is 46.0 Å². The quantitative estimate of drug-likeness (QED) is 0.671. The van der Waals surface area contributed by atoms with Crippen LogP contribution in [0, 0.1) is 5.92 Å². The van der Waals surface area contributed by atoms with Crippen LogP contribution in [-0.2, 0) is 0 Å². The molecule has 0 aliphatic carbocycles. The molecule has 0 aromatic carbocycles. The van der Waals surface area contributed by atoms with Gasteiger partial charge in [0.1, 0.15) is 5.82 Å². The fourth-order valence-corrected chi connectivity index (χ4v) is 1.79. The summed E-state index contributed by atoms with van der Waals surface area (Å²) < 4.78 is 0. The monoisotopic (exact) mass is 265 g/mol. The molecular formula is C14H23N3O2. The molecule has 0 fully saturated rings. The van der Waals surface area contributed by atoms with E-state index in [1.807, 2.05) is 0 Å². The molecule has 1 aromatic rings. The number of carbonyl (C=O) groups is 1. The summed E-state index contributed by atoms with van der Waals surface area (Å²) in [7, 11) is 0. The third kappa shape index (κ3) is 6.74. The molecule has 1 aromatic heterocycles. The zero-order valence-corrected chi connectivity index (χ0v) is 11.7. The molecule has 1 heterocycles. The number of nitrogens with zero attached hydrogens (tertiary/aromatic N) is 2. The molecule has 0 saturated carbocycles. The average Bonchev–Trinajstić information content (AvgIpc) is 2.38. The van der Waals surface area contributed by atoms with Gasteiger partial charge in [-0.05, 0) is 24.5 Å². The van der Waals surface area contributed by atoms with Crippen LogP contribution in [-0.4, -0.2) is 27.8 Å². The maximum absolute atomic E-state index is 10.6. The molecule has 106 valence electrons. The zero-order chi connectivity index (χ0) is 14.1. The maximum atomic E-state index is 10.6. The van der Waals surface area contributed by atoms with E-state index in [1.165, 1.54) is 31.7 Å². The highest BCUT2D eigenvalue weighted by Gasteiger charge is 2.04. The summed E-state index contributed by atoms with van der Waals surface area (Å²) in [6, 6.07) is 3.11. The van der Waals surface area contributed by atoms with Gasteiger partial charge in [-0.15, -0.1) is 10.2 Å². The van der Waals surface area contributed by atoms with E-state index in [0.29, 0.717) is 5.82 Å². The Morgan fingerprint density at radius 2 is 1.95 bits per heavy atom. The lowest BCUT2D eigenvalue weighted by Crippen LogP contribution is -2.07. The lowest BCUT2D eigenvalue weighted by Gasteiger charge is -2.06. The van der Waals surface area contributed by atoms with Crippen molar-refractivity contribution in [1.82, 2.24) is 10.2 Å². The van der Waals surface area contributed by atoms with Gasteiger partial charge in [0.25, 0.3) is 0 Å². The standard InChI is InChI=1S/C14H23N3O2/c1-11(2)7-5-3-4-6-10-15-13-9-8-12(14(18)19)16-17-13/h8-9,11H,3-7,10H2,1-2H3,(H,15,17)(H,18,19). The predicted molar refractivity (Wildman–Crippen MR) is 75.4 cm³/mol. The number of carboxylic acids is 1. The number of hydrogen-bond donors (Lipinski definition) is 2. The molecule has 1 rings (SSSR count). The Morgan fingerprint density at radius 3 is 2.53 bits per heavy atom. The minimum atomic E-state index is -1.05. The van der Waals surface area contributed by atoms with Crippen LogP contribution in [0.4, 0.5) is 5.82 Å². The summed E-state index contributed by atoms with van der Waals surface area (Å²) in [6.45, 7) is 5.35. The molecular weight excluding hydrogens is 242 g/mol. The van der Waals surface area contributed by atoms with Crippen LogP contribution in [0.2, 0.25) is 0 Å². The fourth-order valence-electron chi connectivity index (χ4n) is 1.79. The van der Waals surface area contributed by atoms with Crippen LogP contribution >= 0.6 is 0 Å².